The third kappa shape index (κ3) is 0.942. The Labute approximate surface area is 68.8 Å². The summed E-state index contributed by atoms with van der Waals surface area (Å²) in [6.07, 6.45) is 1.42. The summed E-state index contributed by atoms with van der Waals surface area (Å²) in [7, 11) is 0. The lowest BCUT2D eigenvalue weighted by atomic mass is 10.2. The maximum absolute atomic E-state index is 12.3. The smallest absolute Gasteiger partial charge is 0.134 e. The van der Waals surface area contributed by atoms with Gasteiger partial charge in [0.1, 0.15) is 12.3 Å². The molecule has 2 aromatic rings. The Morgan fingerprint density at radius 2 is 2.25 bits per heavy atom. The molecule has 0 fully saturated rings. The second-order valence-corrected chi connectivity index (χ2v) is 2.65. The van der Waals surface area contributed by atoms with E-state index in [0.717, 1.165) is 5.39 Å². The van der Waals surface area contributed by atoms with Crippen molar-refractivity contribution >= 4 is 16.7 Å². The van der Waals surface area contributed by atoms with E-state index < -0.39 is 6.67 Å². The summed E-state index contributed by atoms with van der Waals surface area (Å²) in [5, 5.41) is 0.762. The van der Waals surface area contributed by atoms with Gasteiger partial charge in [-0.25, -0.2) is 4.39 Å². The molecule has 0 unspecified atom stereocenters. The van der Waals surface area contributed by atoms with Crippen molar-refractivity contribution in [2.45, 2.75) is 6.67 Å². The van der Waals surface area contributed by atoms with E-state index in [4.69, 9.17) is 10.2 Å². The van der Waals surface area contributed by atoms with Crippen molar-refractivity contribution in [3.8, 4) is 0 Å². The van der Waals surface area contributed by atoms with Gasteiger partial charge in [0.25, 0.3) is 0 Å². The van der Waals surface area contributed by atoms with Crippen LogP contribution in [-0.2, 0) is 6.67 Å². The van der Waals surface area contributed by atoms with Gasteiger partial charge in [-0.05, 0) is 18.2 Å². The first-order valence-corrected chi connectivity index (χ1v) is 3.63. The Hall–Kier alpha value is -1.51. The van der Waals surface area contributed by atoms with E-state index in [0.29, 0.717) is 16.8 Å². The van der Waals surface area contributed by atoms with Crippen LogP contribution in [0.1, 0.15) is 5.56 Å². The molecule has 12 heavy (non-hydrogen) atoms. The van der Waals surface area contributed by atoms with Crippen molar-refractivity contribution in [3.05, 3.63) is 30.0 Å². The molecule has 2 N–H and O–H groups in total. The highest BCUT2D eigenvalue weighted by atomic mass is 19.1. The number of furan rings is 1. The van der Waals surface area contributed by atoms with Crippen LogP contribution in [0, 0.1) is 0 Å². The number of halogens is 1. The third-order valence-corrected chi connectivity index (χ3v) is 1.82. The molecule has 62 valence electrons. The van der Waals surface area contributed by atoms with E-state index in [1.165, 1.54) is 6.26 Å². The first-order chi connectivity index (χ1) is 5.81. The Morgan fingerprint density at radius 3 is 3.00 bits per heavy atom. The van der Waals surface area contributed by atoms with Crippen LogP contribution in [0.15, 0.2) is 28.9 Å². The molecule has 3 heteroatoms. The first-order valence-electron chi connectivity index (χ1n) is 3.63. The van der Waals surface area contributed by atoms with Gasteiger partial charge < -0.3 is 10.2 Å². The molecule has 0 amide bonds. The second-order valence-electron chi connectivity index (χ2n) is 2.65. The Balaban J connectivity index is 2.75. The minimum absolute atomic E-state index is 0.517. The van der Waals surface area contributed by atoms with Crippen molar-refractivity contribution < 1.29 is 8.81 Å². The van der Waals surface area contributed by atoms with Gasteiger partial charge >= 0.3 is 0 Å². The van der Waals surface area contributed by atoms with Gasteiger partial charge in [-0.15, -0.1) is 0 Å². The van der Waals surface area contributed by atoms with Crippen LogP contribution in [0.4, 0.5) is 10.1 Å². The van der Waals surface area contributed by atoms with Crippen LogP contribution in [0.2, 0.25) is 0 Å². The molecular weight excluding hydrogens is 157 g/mol. The summed E-state index contributed by atoms with van der Waals surface area (Å²) in [4.78, 5) is 0. The second kappa shape index (κ2) is 2.52. The lowest BCUT2D eigenvalue weighted by Gasteiger charge is -1.92. The molecule has 0 atom stereocenters. The predicted molar refractivity (Wildman–Crippen MR) is 45.4 cm³/mol. The van der Waals surface area contributed by atoms with E-state index in [9.17, 15) is 4.39 Å². The third-order valence-electron chi connectivity index (χ3n) is 1.82. The van der Waals surface area contributed by atoms with E-state index in [2.05, 4.69) is 0 Å². The largest absolute Gasteiger partial charge is 0.464 e. The van der Waals surface area contributed by atoms with Gasteiger partial charge in [-0.3, -0.25) is 0 Å². The Bertz CT molecular complexity index is 408. The molecule has 2 rings (SSSR count). The summed E-state index contributed by atoms with van der Waals surface area (Å²) >= 11 is 0. The zero-order chi connectivity index (χ0) is 8.55. The van der Waals surface area contributed by atoms with E-state index >= 15 is 0 Å². The molecule has 0 bridgehead atoms. The summed E-state index contributed by atoms with van der Waals surface area (Å²) in [5.41, 5.74) is 7.40. The van der Waals surface area contributed by atoms with Gasteiger partial charge in [0.05, 0.1) is 6.26 Å². The zero-order valence-electron chi connectivity index (χ0n) is 6.38. The minimum atomic E-state index is -0.517. The monoisotopic (exact) mass is 165 g/mol. The molecule has 0 saturated carbocycles. The number of fused-ring (bicyclic) bond motifs is 1. The van der Waals surface area contributed by atoms with Crippen molar-refractivity contribution in [2.24, 2.45) is 0 Å². The first kappa shape index (κ1) is 7.16. The number of hydrogen-bond donors (Lipinski definition) is 1. The van der Waals surface area contributed by atoms with Gasteiger partial charge in [-0.2, -0.15) is 0 Å². The fourth-order valence-electron chi connectivity index (χ4n) is 1.20. The summed E-state index contributed by atoms with van der Waals surface area (Å²) < 4.78 is 17.4. The van der Waals surface area contributed by atoms with Gasteiger partial charge in [0.2, 0.25) is 0 Å². The van der Waals surface area contributed by atoms with Gasteiger partial charge in [0.15, 0.2) is 0 Å². The molecule has 0 aliphatic carbocycles. The van der Waals surface area contributed by atoms with Crippen LogP contribution >= 0.6 is 0 Å². The zero-order valence-corrected chi connectivity index (χ0v) is 6.38. The van der Waals surface area contributed by atoms with Crippen LogP contribution in [0.3, 0.4) is 0 Å². The highest BCUT2D eigenvalue weighted by Crippen LogP contribution is 2.23. The van der Waals surface area contributed by atoms with Crippen molar-refractivity contribution in [1.82, 2.24) is 0 Å². The number of benzene rings is 1. The Kier molecular flexibility index (Phi) is 1.50. The molecule has 1 aromatic heterocycles. The number of alkyl halides is 1. The molecule has 1 heterocycles. The average Bonchev–Trinajstić information content (AvgIpc) is 2.46. The standard InChI is InChI=1S/C9H8FNO/c10-4-6-5-12-9-2-1-7(11)3-8(6)9/h1-3,5H,4,11H2. The van der Waals surface area contributed by atoms with Crippen molar-refractivity contribution in [3.63, 3.8) is 0 Å². The van der Waals surface area contributed by atoms with Crippen molar-refractivity contribution in [2.75, 3.05) is 5.73 Å². The molecule has 0 radical (unpaired) electrons. The number of nitrogen functional groups attached to an aromatic ring is 1. The predicted octanol–water partition coefficient (Wildman–Crippen LogP) is 2.48. The maximum Gasteiger partial charge on any atom is 0.134 e. The number of nitrogens with two attached hydrogens (primary N) is 1. The van der Waals surface area contributed by atoms with Gasteiger partial charge in [0, 0.05) is 16.6 Å². The molecular formula is C9H8FNO. The summed E-state index contributed by atoms with van der Waals surface area (Å²) in [5.74, 6) is 0. The normalized spacial score (nSPS) is 10.8. The lowest BCUT2D eigenvalue weighted by Crippen LogP contribution is -1.83. The highest BCUT2D eigenvalue weighted by Gasteiger charge is 2.04. The lowest BCUT2D eigenvalue weighted by molar-refractivity contribution is 0.480. The van der Waals surface area contributed by atoms with Gasteiger partial charge in [-0.1, -0.05) is 0 Å². The van der Waals surface area contributed by atoms with Crippen LogP contribution in [0.5, 0.6) is 0 Å². The Morgan fingerprint density at radius 1 is 1.42 bits per heavy atom. The SMILES string of the molecule is Nc1ccc2occ(CF)c2c1. The van der Waals surface area contributed by atoms with Crippen molar-refractivity contribution in [1.29, 1.82) is 0 Å². The topological polar surface area (TPSA) is 39.2 Å². The van der Waals surface area contributed by atoms with E-state index in [1.807, 2.05) is 0 Å². The maximum atomic E-state index is 12.3. The molecule has 0 aliphatic rings. The summed E-state index contributed by atoms with van der Waals surface area (Å²) in [6.45, 7) is -0.517. The van der Waals surface area contributed by atoms with Crippen LogP contribution in [0.25, 0.3) is 11.0 Å². The number of anilines is 1. The van der Waals surface area contributed by atoms with Crippen LogP contribution in [-0.4, -0.2) is 0 Å². The molecule has 1 aromatic carbocycles. The van der Waals surface area contributed by atoms with Crippen LogP contribution < -0.4 is 5.73 Å². The average molecular weight is 165 g/mol. The summed E-state index contributed by atoms with van der Waals surface area (Å²) in [6, 6.07) is 5.19. The quantitative estimate of drug-likeness (QED) is 0.659. The highest BCUT2D eigenvalue weighted by molar-refractivity contribution is 5.83. The molecule has 0 spiro atoms. The number of rotatable bonds is 1. The fraction of sp³-hybridized carbons (Fsp3) is 0.111. The molecule has 2 nitrogen and oxygen atoms in total. The molecule has 0 saturated heterocycles. The van der Waals surface area contributed by atoms with E-state index in [-0.39, 0.29) is 0 Å². The van der Waals surface area contributed by atoms with E-state index in [1.54, 1.807) is 18.2 Å². The fourth-order valence-corrected chi connectivity index (χ4v) is 1.20. The molecule has 0 aliphatic heterocycles. The number of hydrogen-bond acceptors (Lipinski definition) is 2. The minimum Gasteiger partial charge on any atom is -0.464 e.